The second kappa shape index (κ2) is 9.27. The fourth-order valence-corrected chi connectivity index (χ4v) is 2.24. The molecule has 1 atom stereocenters. The Kier molecular flexibility index (Phi) is 8.85. The molecule has 0 aliphatic heterocycles. The zero-order chi connectivity index (χ0) is 13.1. The van der Waals surface area contributed by atoms with Crippen molar-refractivity contribution in [3.05, 3.63) is 0 Å². The third-order valence-electron chi connectivity index (χ3n) is 3.08. The van der Waals surface area contributed by atoms with Crippen molar-refractivity contribution in [2.75, 3.05) is 19.8 Å². The first-order valence-electron chi connectivity index (χ1n) is 6.01. The first kappa shape index (κ1) is 16.2. The highest BCUT2D eigenvalue weighted by atomic mass is 16.3. The lowest BCUT2D eigenvalue weighted by atomic mass is 9.72. The molecule has 0 saturated carbocycles. The second-order valence-corrected chi connectivity index (χ2v) is 4.44. The van der Waals surface area contributed by atoms with Gasteiger partial charge in [0.05, 0.1) is 0 Å². The van der Waals surface area contributed by atoms with Crippen LogP contribution in [0.25, 0.3) is 0 Å². The zero-order valence-electron chi connectivity index (χ0n) is 10.2. The van der Waals surface area contributed by atoms with E-state index in [4.69, 9.17) is 15.9 Å². The van der Waals surface area contributed by atoms with Crippen molar-refractivity contribution < 1.29 is 19.8 Å². The van der Waals surface area contributed by atoms with Crippen LogP contribution in [0.5, 0.6) is 0 Å². The number of nitrogens with two attached hydrogens (primary N) is 1. The fourth-order valence-electron chi connectivity index (χ4n) is 2.24. The van der Waals surface area contributed by atoms with Crippen LogP contribution >= 0.6 is 0 Å². The van der Waals surface area contributed by atoms with E-state index in [0.717, 1.165) is 6.29 Å². The van der Waals surface area contributed by atoms with Crippen LogP contribution in [0.1, 0.15) is 38.5 Å². The van der Waals surface area contributed by atoms with Crippen LogP contribution in [0, 0.1) is 5.41 Å². The Morgan fingerprint density at radius 3 is 2.41 bits per heavy atom. The number of carbonyl (C=O) groups is 2. The lowest BCUT2D eigenvalue weighted by molar-refractivity contribution is -0.125. The maximum atomic E-state index is 11.4. The summed E-state index contributed by atoms with van der Waals surface area (Å²) in [5.74, 6) is -0.234. The third kappa shape index (κ3) is 6.51. The maximum Gasteiger partial charge on any atom is 0.158 e. The molecule has 0 heterocycles. The first-order valence-corrected chi connectivity index (χ1v) is 6.01. The van der Waals surface area contributed by atoms with Gasteiger partial charge in [0.1, 0.15) is 12.9 Å². The molecular weight excluding hydrogens is 222 g/mol. The Morgan fingerprint density at radius 2 is 1.94 bits per heavy atom. The predicted molar refractivity (Wildman–Crippen MR) is 64.4 cm³/mol. The van der Waals surface area contributed by atoms with E-state index in [1.165, 1.54) is 0 Å². The number of aliphatic hydroxyl groups excluding tert-OH is 2. The SMILES string of the molecule is NCCC(CCC=O)(CCCO)CC(=O)CO. The molecule has 5 nitrogen and oxygen atoms in total. The van der Waals surface area contributed by atoms with Gasteiger partial charge in [-0.25, -0.2) is 0 Å². The van der Waals surface area contributed by atoms with Crippen molar-refractivity contribution in [3.8, 4) is 0 Å². The van der Waals surface area contributed by atoms with Crippen molar-refractivity contribution in [2.45, 2.75) is 38.5 Å². The highest BCUT2D eigenvalue weighted by Crippen LogP contribution is 2.37. The number of aliphatic hydroxyl groups is 2. The zero-order valence-corrected chi connectivity index (χ0v) is 10.2. The van der Waals surface area contributed by atoms with Crippen LogP contribution in [0.4, 0.5) is 0 Å². The standard InChI is InChI=1S/C12H23NO4/c13-6-5-12(3-1-7-14,4-2-8-15)9-11(17)10-16/h7,15-16H,1-6,8-10,13H2. The molecule has 0 bridgehead atoms. The van der Waals surface area contributed by atoms with Crippen LogP contribution in [0.2, 0.25) is 0 Å². The topological polar surface area (TPSA) is 101 Å². The van der Waals surface area contributed by atoms with Gasteiger partial charge in [-0.3, -0.25) is 4.79 Å². The molecule has 0 saturated heterocycles. The Bertz CT molecular complexity index is 233. The molecule has 4 N–H and O–H groups in total. The average molecular weight is 245 g/mol. The molecule has 0 fully saturated rings. The van der Waals surface area contributed by atoms with E-state index in [9.17, 15) is 9.59 Å². The number of hydrogen-bond acceptors (Lipinski definition) is 5. The lowest BCUT2D eigenvalue weighted by Crippen LogP contribution is -2.29. The van der Waals surface area contributed by atoms with Crippen LogP contribution in [-0.2, 0) is 9.59 Å². The number of Topliss-reactive ketones (excluding diaryl/α,β-unsaturated/α-hetero) is 1. The summed E-state index contributed by atoms with van der Waals surface area (Å²) in [6.07, 6.45) is 3.89. The molecule has 17 heavy (non-hydrogen) atoms. The molecule has 0 spiro atoms. The predicted octanol–water partition coefficient (Wildman–Crippen LogP) is 0.0247. The minimum Gasteiger partial charge on any atom is -0.396 e. The van der Waals surface area contributed by atoms with Gasteiger partial charge < -0.3 is 20.7 Å². The van der Waals surface area contributed by atoms with E-state index in [1.54, 1.807) is 0 Å². The normalized spacial score (nSPS) is 14.3. The molecular formula is C12H23NO4. The Labute approximate surface area is 102 Å². The largest absolute Gasteiger partial charge is 0.396 e. The molecule has 5 heteroatoms. The van der Waals surface area contributed by atoms with Gasteiger partial charge in [0.15, 0.2) is 5.78 Å². The van der Waals surface area contributed by atoms with Gasteiger partial charge in [-0.15, -0.1) is 0 Å². The van der Waals surface area contributed by atoms with Gasteiger partial charge in [0.2, 0.25) is 0 Å². The summed E-state index contributed by atoms with van der Waals surface area (Å²) in [5, 5.41) is 17.7. The van der Waals surface area contributed by atoms with E-state index >= 15 is 0 Å². The van der Waals surface area contributed by atoms with E-state index in [1.807, 2.05) is 0 Å². The van der Waals surface area contributed by atoms with Crippen molar-refractivity contribution in [1.82, 2.24) is 0 Å². The van der Waals surface area contributed by atoms with Crippen molar-refractivity contribution >= 4 is 12.1 Å². The van der Waals surface area contributed by atoms with Gasteiger partial charge in [0, 0.05) is 19.4 Å². The Hall–Kier alpha value is -0.780. The minimum atomic E-state index is -0.480. The van der Waals surface area contributed by atoms with Crippen LogP contribution < -0.4 is 5.73 Å². The maximum absolute atomic E-state index is 11.4. The summed E-state index contributed by atoms with van der Waals surface area (Å²) >= 11 is 0. The third-order valence-corrected chi connectivity index (χ3v) is 3.08. The molecule has 0 rings (SSSR count). The van der Waals surface area contributed by atoms with E-state index in [-0.39, 0.29) is 24.2 Å². The molecule has 0 aromatic carbocycles. The molecule has 1 unspecified atom stereocenters. The van der Waals surface area contributed by atoms with Crippen molar-refractivity contribution in [3.63, 3.8) is 0 Å². The average Bonchev–Trinajstić information content (AvgIpc) is 2.34. The number of carbonyl (C=O) groups excluding carboxylic acids is 2. The van der Waals surface area contributed by atoms with Gasteiger partial charge >= 0.3 is 0 Å². The summed E-state index contributed by atoms with van der Waals surface area (Å²) in [6.45, 7) is 0.0102. The molecule has 100 valence electrons. The molecule has 0 radical (unpaired) electrons. The smallest absolute Gasteiger partial charge is 0.158 e. The summed E-state index contributed by atoms with van der Waals surface area (Å²) < 4.78 is 0. The van der Waals surface area contributed by atoms with Gasteiger partial charge in [-0.1, -0.05) is 0 Å². The number of aldehydes is 1. The lowest BCUT2D eigenvalue weighted by Gasteiger charge is -2.32. The van der Waals surface area contributed by atoms with Gasteiger partial charge in [-0.05, 0) is 37.6 Å². The molecule has 0 aliphatic rings. The second-order valence-electron chi connectivity index (χ2n) is 4.44. The van der Waals surface area contributed by atoms with E-state index < -0.39 is 6.61 Å². The fraction of sp³-hybridized carbons (Fsp3) is 0.833. The first-order chi connectivity index (χ1) is 8.14. The van der Waals surface area contributed by atoms with Crippen LogP contribution in [0.15, 0.2) is 0 Å². The van der Waals surface area contributed by atoms with Gasteiger partial charge in [0.25, 0.3) is 0 Å². The Balaban J connectivity index is 4.65. The summed E-state index contributed by atoms with van der Waals surface area (Å²) in [4.78, 5) is 21.9. The number of ketones is 1. The van der Waals surface area contributed by atoms with Crippen LogP contribution in [0.3, 0.4) is 0 Å². The summed E-state index contributed by atoms with van der Waals surface area (Å²) in [6, 6.07) is 0. The van der Waals surface area contributed by atoms with E-state index in [2.05, 4.69) is 0 Å². The van der Waals surface area contributed by atoms with Crippen LogP contribution in [-0.4, -0.2) is 42.0 Å². The highest BCUT2D eigenvalue weighted by Gasteiger charge is 2.30. The molecule has 0 aromatic heterocycles. The highest BCUT2D eigenvalue weighted by molar-refractivity contribution is 5.80. The summed E-state index contributed by atoms with van der Waals surface area (Å²) in [5.41, 5.74) is 5.20. The molecule has 0 aromatic rings. The number of hydrogen-bond donors (Lipinski definition) is 3. The number of rotatable bonds is 11. The Morgan fingerprint density at radius 1 is 1.24 bits per heavy atom. The van der Waals surface area contributed by atoms with Crippen molar-refractivity contribution in [2.24, 2.45) is 11.1 Å². The van der Waals surface area contributed by atoms with Crippen molar-refractivity contribution in [1.29, 1.82) is 0 Å². The monoisotopic (exact) mass is 245 g/mol. The molecule has 0 amide bonds. The molecule has 0 aliphatic carbocycles. The summed E-state index contributed by atoms with van der Waals surface area (Å²) in [7, 11) is 0. The minimum absolute atomic E-state index is 0.0563. The van der Waals surface area contributed by atoms with Gasteiger partial charge in [-0.2, -0.15) is 0 Å². The quantitative estimate of drug-likeness (QED) is 0.446. The van der Waals surface area contributed by atoms with E-state index in [0.29, 0.717) is 38.6 Å².